The van der Waals surface area contributed by atoms with Gasteiger partial charge in [-0.3, -0.25) is 0 Å². The number of rotatable bonds is 7. The lowest BCUT2D eigenvalue weighted by Gasteiger charge is -2.14. The van der Waals surface area contributed by atoms with E-state index in [2.05, 4.69) is 5.32 Å². The number of nitrogens with one attached hydrogen (secondary N) is 1. The van der Waals surface area contributed by atoms with Crippen molar-refractivity contribution in [2.75, 3.05) is 25.1 Å². The molecule has 1 aromatic carbocycles. The predicted octanol–water partition coefficient (Wildman–Crippen LogP) is 2.41. The van der Waals surface area contributed by atoms with Gasteiger partial charge < -0.3 is 15.2 Å². The number of hydrogen-bond donors (Lipinski definition) is 2. The highest BCUT2D eigenvalue weighted by molar-refractivity contribution is 5.44. The van der Waals surface area contributed by atoms with Crippen LogP contribution in [0.5, 0.6) is 0 Å². The molecular formula is C13H19F2NO2. The summed E-state index contributed by atoms with van der Waals surface area (Å²) in [7, 11) is 0. The third-order valence-corrected chi connectivity index (χ3v) is 2.22. The Morgan fingerprint density at radius 1 is 1.28 bits per heavy atom. The Hall–Kier alpha value is -1.20. The zero-order valence-electron chi connectivity index (χ0n) is 10.6. The number of hydrogen-bond acceptors (Lipinski definition) is 3. The number of ether oxygens (including phenoxy) is 1. The lowest BCUT2D eigenvalue weighted by atomic mass is 10.2. The molecule has 0 saturated heterocycles. The first-order chi connectivity index (χ1) is 8.49. The molecule has 0 spiro atoms. The molecule has 0 aliphatic carbocycles. The van der Waals surface area contributed by atoms with Gasteiger partial charge in [0.25, 0.3) is 0 Å². The van der Waals surface area contributed by atoms with E-state index < -0.39 is 17.7 Å². The molecule has 0 aliphatic heterocycles. The van der Waals surface area contributed by atoms with Crippen molar-refractivity contribution in [1.29, 1.82) is 0 Å². The minimum atomic E-state index is -0.729. The van der Waals surface area contributed by atoms with Gasteiger partial charge in [-0.15, -0.1) is 0 Å². The lowest BCUT2D eigenvalue weighted by Crippen LogP contribution is -2.26. The monoisotopic (exact) mass is 259 g/mol. The summed E-state index contributed by atoms with van der Waals surface area (Å²) in [6, 6.07) is 3.25. The fraction of sp³-hybridized carbons (Fsp3) is 0.538. The summed E-state index contributed by atoms with van der Waals surface area (Å²) < 4.78 is 31.1. The van der Waals surface area contributed by atoms with Gasteiger partial charge in [0.2, 0.25) is 0 Å². The van der Waals surface area contributed by atoms with Crippen molar-refractivity contribution in [3.63, 3.8) is 0 Å². The van der Waals surface area contributed by atoms with Crippen molar-refractivity contribution in [1.82, 2.24) is 0 Å². The van der Waals surface area contributed by atoms with Gasteiger partial charge in [-0.1, -0.05) is 13.8 Å². The molecule has 0 aromatic heterocycles. The second kappa shape index (κ2) is 7.28. The molecule has 102 valence electrons. The first-order valence-corrected chi connectivity index (χ1v) is 5.93. The van der Waals surface area contributed by atoms with E-state index in [9.17, 15) is 13.9 Å². The Kier molecular flexibility index (Phi) is 6.01. The molecule has 0 radical (unpaired) electrons. The minimum Gasteiger partial charge on any atom is -0.389 e. The largest absolute Gasteiger partial charge is 0.389 e. The number of halogens is 2. The fourth-order valence-electron chi connectivity index (χ4n) is 1.36. The molecule has 0 fully saturated rings. The average Bonchev–Trinajstić information content (AvgIpc) is 2.27. The molecule has 5 heteroatoms. The quantitative estimate of drug-likeness (QED) is 0.790. The van der Waals surface area contributed by atoms with Crippen LogP contribution in [0.25, 0.3) is 0 Å². The summed E-state index contributed by atoms with van der Waals surface area (Å²) in [6.45, 7) is 4.94. The third-order valence-electron chi connectivity index (χ3n) is 2.22. The molecule has 1 rings (SSSR count). The highest BCUT2D eigenvalue weighted by Crippen LogP contribution is 2.14. The summed E-state index contributed by atoms with van der Waals surface area (Å²) in [6.07, 6.45) is -0.729. The summed E-state index contributed by atoms with van der Waals surface area (Å²) in [5.74, 6) is -0.899. The van der Waals surface area contributed by atoms with Crippen molar-refractivity contribution >= 4 is 5.69 Å². The van der Waals surface area contributed by atoms with Crippen LogP contribution in [0.4, 0.5) is 14.5 Å². The van der Waals surface area contributed by atoms with Crippen molar-refractivity contribution in [2.45, 2.75) is 20.0 Å². The summed E-state index contributed by atoms with van der Waals surface area (Å²) in [5.41, 5.74) is 0.166. The summed E-state index contributed by atoms with van der Waals surface area (Å²) >= 11 is 0. The Balaban J connectivity index is 2.31. The average molecular weight is 259 g/mol. The van der Waals surface area contributed by atoms with Gasteiger partial charge in [0, 0.05) is 19.2 Å². The van der Waals surface area contributed by atoms with Gasteiger partial charge in [0.1, 0.15) is 11.6 Å². The van der Waals surface area contributed by atoms with Crippen molar-refractivity contribution < 1.29 is 18.6 Å². The van der Waals surface area contributed by atoms with E-state index in [0.29, 0.717) is 12.5 Å². The maximum absolute atomic E-state index is 13.2. The van der Waals surface area contributed by atoms with Gasteiger partial charge in [0.15, 0.2) is 0 Å². The maximum atomic E-state index is 13.2. The number of anilines is 1. The Bertz CT molecular complexity index is 372. The zero-order chi connectivity index (χ0) is 13.5. The van der Waals surface area contributed by atoms with E-state index in [-0.39, 0.29) is 18.8 Å². The summed E-state index contributed by atoms with van der Waals surface area (Å²) in [5, 5.41) is 12.3. The molecular weight excluding hydrogens is 240 g/mol. The van der Waals surface area contributed by atoms with Gasteiger partial charge in [-0.05, 0) is 18.1 Å². The summed E-state index contributed by atoms with van der Waals surface area (Å²) in [4.78, 5) is 0. The topological polar surface area (TPSA) is 41.5 Å². The number of benzene rings is 1. The molecule has 3 nitrogen and oxygen atoms in total. The van der Waals surface area contributed by atoms with Gasteiger partial charge in [-0.2, -0.15) is 0 Å². The Labute approximate surface area is 106 Å². The van der Waals surface area contributed by atoms with E-state index in [1.54, 1.807) is 0 Å². The van der Waals surface area contributed by atoms with Gasteiger partial charge in [0.05, 0.1) is 18.4 Å². The van der Waals surface area contributed by atoms with Crippen LogP contribution < -0.4 is 5.32 Å². The second-order valence-corrected chi connectivity index (χ2v) is 4.59. The normalized spacial score (nSPS) is 12.8. The van der Waals surface area contributed by atoms with E-state index >= 15 is 0 Å². The molecule has 0 bridgehead atoms. The van der Waals surface area contributed by atoms with Gasteiger partial charge >= 0.3 is 0 Å². The lowest BCUT2D eigenvalue weighted by molar-refractivity contribution is 0.0317. The Morgan fingerprint density at radius 2 is 2.00 bits per heavy atom. The molecule has 1 atom stereocenters. The number of aliphatic hydroxyl groups is 1. The molecule has 0 heterocycles. The van der Waals surface area contributed by atoms with Crippen molar-refractivity contribution in [2.24, 2.45) is 5.92 Å². The van der Waals surface area contributed by atoms with Crippen LogP contribution in [0.15, 0.2) is 18.2 Å². The van der Waals surface area contributed by atoms with Gasteiger partial charge in [-0.25, -0.2) is 8.78 Å². The molecule has 0 aliphatic rings. The minimum absolute atomic E-state index is 0.153. The van der Waals surface area contributed by atoms with Crippen LogP contribution in [0, 0.1) is 17.6 Å². The van der Waals surface area contributed by atoms with Crippen molar-refractivity contribution in [3.05, 3.63) is 29.8 Å². The molecule has 18 heavy (non-hydrogen) atoms. The van der Waals surface area contributed by atoms with E-state index in [4.69, 9.17) is 4.74 Å². The van der Waals surface area contributed by atoms with Crippen LogP contribution in [-0.2, 0) is 4.74 Å². The van der Waals surface area contributed by atoms with E-state index in [0.717, 1.165) is 12.1 Å². The van der Waals surface area contributed by atoms with Crippen LogP contribution >= 0.6 is 0 Å². The van der Waals surface area contributed by atoms with Crippen LogP contribution in [-0.4, -0.2) is 31.0 Å². The molecule has 1 aromatic rings. The first-order valence-electron chi connectivity index (χ1n) is 5.93. The predicted molar refractivity (Wildman–Crippen MR) is 66.5 cm³/mol. The molecule has 2 N–H and O–H groups in total. The van der Waals surface area contributed by atoms with Crippen LogP contribution in [0.1, 0.15) is 13.8 Å². The van der Waals surface area contributed by atoms with Crippen molar-refractivity contribution in [3.8, 4) is 0 Å². The van der Waals surface area contributed by atoms with E-state index in [1.165, 1.54) is 6.07 Å². The standard InChI is InChI=1S/C13H19F2NO2/c1-9(2)7-18-8-11(17)6-16-13-4-3-10(14)5-12(13)15/h3-5,9,11,16-17H,6-8H2,1-2H3. The second-order valence-electron chi connectivity index (χ2n) is 4.59. The fourth-order valence-corrected chi connectivity index (χ4v) is 1.36. The van der Waals surface area contributed by atoms with Crippen LogP contribution in [0.3, 0.4) is 0 Å². The highest BCUT2D eigenvalue weighted by Gasteiger charge is 2.08. The SMILES string of the molecule is CC(C)COCC(O)CNc1ccc(F)cc1F. The zero-order valence-corrected chi connectivity index (χ0v) is 10.6. The molecule has 0 saturated carbocycles. The van der Waals surface area contributed by atoms with Crippen LogP contribution in [0.2, 0.25) is 0 Å². The smallest absolute Gasteiger partial charge is 0.149 e. The first kappa shape index (κ1) is 14.9. The Morgan fingerprint density at radius 3 is 2.61 bits per heavy atom. The number of aliphatic hydroxyl groups excluding tert-OH is 1. The molecule has 1 unspecified atom stereocenters. The highest BCUT2D eigenvalue weighted by atomic mass is 19.1. The maximum Gasteiger partial charge on any atom is 0.149 e. The van der Waals surface area contributed by atoms with E-state index in [1.807, 2.05) is 13.8 Å². The molecule has 0 amide bonds. The third kappa shape index (κ3) is 5.42.